The Bertz CT molecular complexity index is 737. The highest BCUT2D eigenvalue weighted by Crippen LogP contribution is 2.27. The highest BCUT2D eigenvalue weighted by Gasteiger charge is 2.37. The van der Waals surface area contributed by atoms with Crippen LogP contribution in [0.4, 0.5) is 4.39 Å². The number of methoxy groups -OCH3 is 1. The molecule has 2 atom stereocenters. The molecule has 0 unspecified atom stereocenters. The highest BCUT2D eigenvalue weighted by atomic mass is 19.1. The van der Waals surface area contributed by atoms with Gasteiger partial charge in [0.15, 0.2) is 0 Å². The van der Waals surface area contributed by atoms with Crippen molar-refractivity contribution in [3.05, 3.63) is 59.9 Å². The Balaban J connectivity index is 1.32. The molecule has 2 aliphatic rings. The largest absolute Gasteiger partial charge is 0.497 e. The molecule has 0 aliphatic carbocycles. The first-order valence-corrected chi connectivity index (χ1v) is 9.21. The summed E-state index contributed by atoms with van der Waals surface area (Å²) in [5.74, 6) is 1.28. The number of halogens is 1. The molecule has 5 heteroatoms. The van der Waals surface area contributed by atoms with Crippen molar-refractivity contribution in [2.75, 3.05) is 33.3 Å². The zero-order valence-corrected chi connectivity index (χ0v) is 15.1. The molecule has 2 fully saturated rings. The van der Waals surface area contributed by atoms with Crippen molar-refractivity contribution in [1.82, 2.24) is 9.80 Å². The molecule has 4 nitrogen and oxygen atoms in total. The first-order valence-electron chi connectivity index (χ1n) is 9.21. The van der Waals surface area contributed by atoms with Gasteiger partial charge in [-0.25, -0.2) is 4.39 Å². The monoisotopic (exact) mass is 356 g/mol. The van der Waals surface area contributed by atoms with Crippen LogP contribution in [0, 0.1) is 5.82 Å². The lowest BCUT2D eigenvalue weighted by atomic mass is 10.1. The van der Waals surface area contributed by atoms with Crippen LogP contribution in [0.2, 0.25) is 0 Å². The second kappa shape index (κ2) is 7.64. The van der Waals surface area contributed by atoms with Gasteiger partial charge in [-0.15, -0.1) is 0 Å². The highest BCUT2D eigenvalue weighted by molar-refractivity contribution is 5.27. The predicted octanol–water partition coefficient (Wildman–Crippen LogP) is 3.17. The number of benzene rings is 2. The van der Waals surface area contributed by atoms with Gasteiger partial charge in [0.05, 0.1) is 7.11 Å². The summed E-state index contributed by atoms with van der Waals surface area (Å²) in [6.07, 6.45) is 1.14. The van der Waals surface area contributed by atoms with E-state index in [1.54, 1.807) is 13.2 Å². The molecule has 0 aromatic heterocycles. The van der Waals surface area contributed by atoms with Gasteiger partial charge in [0, 0.05) is 51.3 Å². The minimum absolute atomic E-state index is 0.141. The van der Waals surface area contributed by atoms with Gasteiger partial charge in [0.25, 0.3) is 0 Å². The van der Waals surface area contributed by atoms with E-state index in [9.17, 15) is 4.39 Å². The van der Waals surface area contributed by atoms with Crippen molar-refractivity contribution in [1.29, 1.82) is 0 Å². The number of fused-ring (bicyclic) bond motifs is 1. The van der Waals surface area contributed by atoms with Gasteiger partial charge in [0.2, 0.25) is 0 Å². The van der Waals surface area contributed by atoms with E-state index in [-0.39, 0.29) is 11.9 Å². The molecule has 0 amide bonds. The topological polar surface area (TPSA) is 24.9 Å². The van der Waals surface area contributed by atoms with Gasteiger partial charge >= 0.3 is 0 Å². The minimum Gasteiger partial charge on any atom is -0.497 e. The van der Waals surface area contributed by atoms with Gasteiger partial charge in [-0.1, -0.05) is 18.2 Å². The molecule has 2 aliphatic heterocycles. The zero-order valence-electron chi connectivity index (χ0n) is 15.1. The molecule has 2 heterocycles. The van der Waals surface area contributed by atoms with E-state index in [2.05, 4.69) is 21.9 Å². The fourth-order valence-electron chi connectivity index (χ4n) is 4.01. The van der Waals surface area contributed by atoms with Crippen LogP contribution in [-0.2, 0) is 6.54 Å². The maximum Gasteiger partial charge on any atom is 0.126 e. The van der Waals surface area contributed by atoms with Gasteiger partial charge in [0.1, 0.15) is 23.4 Å². The van der Waals surface area contributed by atoms with E-state index >= 15 is 0 Å². The van der Waals surface area contributed by atoms with Crippen molar-refractivity contribution in [2.45, 2.75) is 25.1 Å². The van der Waals surface area contributed by atoms with Crippen LogP contribution in [0.15, 0.2) is 48.5 Å². The molecular weight excluding hydrogens is 331 g/mol. The smallest absolute Gasteiger partial charge is 0.126 e. The molecule has 138 valence electrons. The van der Waals surface area contributed by atoms with Gasteiger partial charge < -0.3 is 9.47 Å². The van der Waals surface area contributed by atoms with Gasteiger partial charge in [-0.2, -0.15) is 0 Å². The lowest BCUT2D eigenvalue weighted by molar-refractivity contribution is 0.0978. The third-order valence-corrected chi connectivity index (χ3v) is 5.33. The quantitative estimate of drug-likeness (QED) is 0.822. The SMILES string of the molecule is COc1ccc(CN2CCN3C[C@@H](Oc4cccc(F)c4)C[C@H]3C2)cc1. The average molecular weight is 356 g/mol. The maximum absolute atomic E-state index is 13.3. The summed E-state index contributed by atoms with van der Waals surface area (Å²) < 4.78 is 24.6. The van der Waals surface area contributed by atoms with E-state index in [1.165, 1.54) is 17.7 Å². The lowest BCUT2D eigenvalue weighted by Crippen LogP contribution is -2.49. The molecule has 0 saturated carbocycles. The lowest BCUT2D eigenvalue weighted by Gasteiger charge is -2.37. The Kier molecular flexibility index (Phi) is 5.09. The van der Waals surface area contributed by atoms with E-state index < -0.39 is 0 Å². The number of hydrogen-bond acceptors (Lipinski definition) is 4. The summed E-state index contributed by atoms with van der Waals surface area (Å²) >= 11 is 0. The van der Waals surface area contributed by atoms with E-state index in [0.717, 1.165) is 44.9 Å². The Morgan fingerprint density at radius 3 is 2.65 bits per heavy atom. The molecule has 26 heavy (non-hydrogen) atoms. The Labute approximate surface area is 154 Å². The number of hydrogen-bond donors (Lipinski definition) is 0. The fourth-order valence-corrected chi connectivity index (χ4v) is 4.01. The third kappa shape index (κ3) is 4.00. The predicted molar refractivity (Wildman–Crippen MR) is 99.1 cm³/mol. The standard InChI is InChI=1S/C21H25FN2O2/c1-25-19-7-5-16(6-8-19)13-23-9-10-24-15-21(12-18(24)14-23)26-20-4-2-3-17(22)11-20/h2-8,11,18,21H,9-10,12-15H2,1H3/t18-,21-/m0/s1. The molecule has 4 rings (SSSR count). The first kappa shape index (κ1) is 17.3. The molecule has 0 bridgehead atoms. The van der Waals surface area contributed by atoms with Crippen LogP contribution in [-0.4, -0.2) is 55.2 Å². The minimum atomic E-state index is -0.246. The number of rotatable bonds is 5. The Morgan fingerprint density at radius 2 is 1.88 bits per heavy atom. The van der Waals surface area contributed by atoms with Crippen molar-refractivity contribution >= 4 is 0 Å². The van der Waals surface area contributed by atoms with Crippen molar-refractivity contribution in [2.24, 2.45) is 0 Å². The Hall–Kier alpha value is -2.11. The Morgan fingerprint density at radius 1 is 1.04 bits per heavy atom. The van der Waals surface area contributed by atoms with Crippen LogP contribution in [0.1, 0.15) is 12.0 Å². The van der Waals surface area contributed by atoms with E-state index in [1.807, 2.05) is 18.2 Å². The third-order valence-electron chi connectivity index (χ3n) is 5.33. The van der Waals surface area contributed by atoms with Crippen LogP contribution in [0.3, 0.4) is 0 Å². The van der Waals surface area contributed by atoms with Crippen LogP contribution < -0.4 is 9.47 Å². The average Bonchev–Trinajstić information content (AvgIpc) is 3.04. The van der Waals surface area contributed by atoms with E-state index in [0.29, 0.717) is 11.8 Å². The summed E-state index contributed by atoms with van der Waals surface area (Å²) in [5, 5.41) is 0. The van der Waals surface area contributed by atoms with Gasteiger partial charge in [-0.3, -0.25) is 9.80 Å². The maximum atomic E-state index is 13.3. The zero-order chi connectivity index (χ0) is 17.9. The summed E-state index contributed by atoms with van der Waals surface area (Å²) in [5.41, 5.74) is 1.31. The summed E-state index contributed by atoms with van der Waals surface area (Å²) in [4.78, 5) is 5.02. The molecule has 0 N–H and O–H groups in total. The fraction of sp³-hybridized carbons (Fsp3) is 0.429. The normalized spacial score (nSPS) is 23.6. The first-order chi connectivity index (χ1) is 12.7. The summed E-state index contributed by atoms with van der Waals surface area (Å²) in [6.45, 7) is 5.06. The van der Waals surface area contributed by atoms with Crippen molar-refractivity contribution in [3.63, 3.8) is 0 Å². The molecule has 2 saturated heterocycles. The van der Waals surface area contributed by atoms with Crippen LogP contribution in [0.25, 0.3) is 0 Å². The van der Waals surface area contributed by atoms with Crippen molar-refractivity contribution < 1.29 is 13.9 Å². The van der Waals surface area contributed by atoms with Crippen LogP contribution in [0.5, 0.6) is 11.5 Å². The summed E-state index contributed by atoms with van der Waals surface area (Å²) in [7, 11) is 1.69. The number of ether oxygens (including phenoxy) is 2. The molecule has 0 radical (unpaired) electrons. The molecule has 0 spiro atoms. The molecular formula is C21H25FN2O2. The van der Waals surface area contributed by atoms with Gasteiger partial charge in [-0.05, 0) is 29.8 Å². The molecule has 2 aromatic rings. The van der Waals surface area contributed by atoms with Crippen molar-refractivity contribution in [3.8, 4) is 11.5 Å². The number of piperazine rings is 1. The van der Waals surface area contributed by atoms with E-state index in [4.69, 9.17) is 9.47 Å². The second-order valence-electron chi connectivity index (χ2n) is 7.16. The summed E-state index contributed by atoms with van der Waals surface area (Å²) in [6, 6.07) is 15.3. The number of nitrogens with zero attached hydrogens (tertiary/aromatic N) is 2. The second-order valence-corrected chi connectivity index (χ2v) is 7.16. The molecule has 2 aromatic carbocycles. The van der Waals surface area contributed by atoms with Crippen LogP contribution >= 0.6 is 0 Å².